The van der Waals surface area contributed by atoms with Crippen molar-refractivity contribution in [1.29, 1.82) is 0 Å². The van der Waals surface area contributed by atoms with Gasteiger partial charge in [0.05, 0.1) is 5.71 Å². The molecule has 0 atom stereocenters. The Kier molecular flexibility index (Phi) is 6.91. The molecule has 0 fully saturated rings. The van der Waals surface area contributed by atoms with E-state index < -0.39 is 0 Å². The van der Waals surface area contributed by atoms with Crippen LogP contribution in [0.15, 0.2) is 35.4 Å². The third-order valence-corrected chi connectivity index (χ3v) is 3.93. The molecule has 128 valence electrons. The fourth-order valence-electron chi connectivity index (χ4n) is 2.56. The van der Waals surface area contributed by atoms with Gasteiger partial charge in [-0.1, -0.05) is 51.0 Å². The van der Waals surface area contributed by atoms with Crippen LogP contribution in [0.4, 0.5) is 5.95 Å². The molecule has 0 saturated heterocycles. The van der Waals surface area contributed by atoms with Crippen molar-refractivity contribution < 1.29 is 0 Å². The zero-order valence-corrected chi connectivity index (χ0v) is 15.3. The van der Waals surface area contributed by atoms with E-state index in [1.165, 1.54) is 18.4 Å². The Morgan fingerprint density at radius 1 is 1.04 bits per heavy atom. The molecule has 0 aliphatic carbocycles. The summed E-state index contributed by atoms with van der Waals surface area (Å²) in [7, 11) is 0. The van der Waals surface area contributed by atoms with Gasteiger partial charge in [0.1, 0.15) is 0 Å². The van der Waals surface area contributed by atoms with Crippen LogP contribution >= 0.6 is 0 Å². The standard InChI is InChI=1S/C20H28N4/c1-5-7-9-17-10-12-18(13-11-17)16(4)23-24-20-21-15(3)14-19(22-20)8-6-2/h10-14H,5-9H2,1-4H3,(H,21,22,24). The zero-order valence-electron chi connectivity index (χ0n) is 15.3. The van der Waals surface area contributed by atoms with E-state index in [9.17, 15) is 0 Å². The number of nitrogens with one attached hydrogen (secondary N) is 1. The molecule has 24 heavy (non-hydrogen) atoms. The quantitative estimate of drug-likeness (QED) is 0.554. The lowest BCUT2D eigenvalue weighted by Gasteiger charge is -2.06. The van der Waals surface area contributed by atoms with Gasteiger partial charge in [0.25, 0.3) is 0 Å². The molecule has 1 aromatic heterocycles. The number of hydrazone groups is 1. The molecule has 0 aliphatic rings. The lowest BCUT2D eigenvalue weighted by Crippen LogP contribution is -2.05. The lowest BCUT2D eigenvalue weighted by molar-refractivity contribution is 0.795. The molecular weight excluding hydrogens is 296 g/mol. The molecule has 0 amide bonds. The van der Waals surface area contributed by atoms with Gasteiger partial charge < -0.3 is 0 Å². The Labute approximate surface area is 145 Å². The fraction of sp³-hybridized carbons (Fsp3) is 0.450. The van der Waals surface area contributed by atoms with E-state index in [0.717, 1.165) is 41.9 Å². The van der Waals surface area contributed by atoms with Crippen LogP contribution in [0, 0.1) is 6.92 Å². The average Bonchev–Trinajstić information content (AvgIpc) is 2.58. The summed E-state index contributed by atoms with van der Waals surface area (Å²) in [6, 6.07) is 10.7. The predicted molar refractivity (Wildman–Crippen MR) is 102 cm³/mol. The van der Waals surface area contributed by atoms with E-state index in [0.29, 0.717) is 5.95 Å². The molecule has 2 aromatic rings. The summed E-state index contributed by atoms with van der Waals surface area (Å²) in [5.41, 5.74) is 8.44. The van der Waals surface area contributed by atoms with E-state index in [1.54, 1.807) is 0 Å². The molecular formula is C20H28N4. The molecule has 0 saturated carbocycles. The van der Waals surface area contributed by atoms with Crippen LogP contribution in [0.1, 0.15) is 62.5 Å². The first-order chi connectivity index (χ1) is 11.6. The average molecular weight is 324 g/mol. The van der Waals surface area contributed by atoms with Crippen molar-refractivity contribution in [3.05, 3.63) is 52.8 Å². The molecule has 0 spiro atoms. The van der Waals surface area contributed by atoms with Crippen molar-refractivity contribution in [2.24, 2.45) is 5.10 Å². The number of anilines is 1. The van der Waals surface area contributed by atoms with Gasteiger partial charge in [-0.2, -0.15) is 5.10 Å². The Balaban J connectivity index is 2.05. The highest BCUT2D eigenvalue weighted by Crippen LogP contribution is 2.10. The third kappa shape index (κ3) is 5.44. The molecule has 0 bridgehead atoms. The molecule has 0 aliphatic heterocycles. The predicted octanol–water partition coefficient (Wildman–Crippen LogP) is 4.92. The Bertz CT molecular complexity index is 675. The van der Waals surface area contributed by atoms with Crippen LogP contribution in [0.2, 0.25) is 0 Å². The van der Waals surface area contributed by atoms with Crippen LogP contribution in [-0.4, -0.2) is 15.7 Å². The Hall–Kier alpha value is -2.23. The second-order valence-electron chi connectivity index (χ2n) is 6.18. The van der Waals surface area contributed by atoms with Crippen molar-refractivity contribution >= 4 is 11.7 Å². The fourth-order valence-corrected chi connectivity index (χ4v) is 2.56. The summed E-state index contributed by atoms with van der Waals surface area (Å²) in [4.78, 5) is 8.91. The molecule has 0 radical (unpaired) electrons. The van der Waals surface area contributed by atoms with E-state index in [-0.39, 0.29) is 0 Å². The Morgan fingerprint density at radius 2 is 1.79 bits per heavy atom. The summed E-state index contributed by atoms with van der Waals surface area (Å²) < 4.78 is 0. The van der Waals surface area contributed by atoms with E-state index >= 15 is 0 Å². The maximum absolute atomic E-state index is 4.51. The van der Waals surface area contributed by atoms with E-state index in [4.69, 9.17) is 0 Å². The van der Waals surface area contributed by atoms with Gasteiger partial charge >= 0.3 is 0 Å². The first-order valence-corrected chi connectivity index (χ1v) is 8.86. The largest absolute Gasteiger partial charge is 0.245 e. The number of aryl methyl sites for hydroxylation is 3. The minimum atomic E-state index is 0.567. The van der Waals surface area contributed by atoms with Gasteiger partial charge in [0.15, 0.2) is 0 Å². The summed E-state index contributed by atoms with van der Waals surface area (Å²) in [5.74, 6) is 0.567. The molecule has 1 heterocycles. The van der Waals surface area contributed by atoms with Crippen LogP contribution in [-0.2, 0) is 12.8 Å². The van der Waals surface area contributed by atoms with Crippen molar-refractivity contribution in [3.8, 4) is 0 Å². The zero-order chi connectivity index (χ0) is 17.4. The van der Waals surface area contributed by atoms with Crippen LogP contribution in [0.25, 0.3) is 0 Å². The topological polar surface area (TPSA) is 50.2 Å². The van der Waals surface area contributed by atoms with Gasteiger partial charge in [0, 0.05) is 11.4 Å². The van der Waals surface area contributed by atoms with Crippen LogP contribution in [0.3, 0.4) is 0 Å². The number of hydrogen-bond acceptors (Lipinski definition) is 4. The Morgan fingerprint density at radius 3 is 2.46 bits per heavy atom. The van der Waals surface area contributed by atoms with Gasteiger partial charge in [-0.15, -0.1) is 0 Å². The molecule has 4 heteroatoms. The van der Waals surface area contributed by atoms with Gasteiger partial charge in [-0.05, 0) is 50.3 Å². The van der Waals surface area contributed by atoms with Crippen molar-refractivity contribution in [1.82, 2.24) is 9.97 Å². The smallest absolute Gasteiger partial charge is 0.243 e. The SMILES string of the molecule is CCCCc1ccc(C(C)=NNc2nc(C)cc(CCC)n2)cc1. The molecule has 0 unspecified atom stereocenters. The first kappa shape index (κ1) is 18.1. The van der Waals surface area contributed by atoms with E-state index in [2.05, 4.69) is 58.6 Å². The normalized spacial score (nSPS) is 11.6. The molecule has 2 rings (SSSR count). The maximum atomic E-state index is 4.51. The summed E-state index contributed by atoms with van der Waals surface area (Å²) >= 11 is 0. The lowest BCUT2D eigenvalue weighted by atomic mass is 10.0. The monoisotopic (exact) mass is 324 g/mol. The maximum Gasteiger partial charge on any atom is 0.243 e. The van der Waals surface area contributed by atoms with Gasteiger partial charge in [-0.25, -0.2) is 15.4 Å². The number of hydrogen-bond donors (Lipinski definition) is 1. The first-order valence-electron chi connectivity index (χ1n) is 8.86. The highest BCUT2D eigenvalue weighted by Gasteiger charge is 2.02. The van der Waals surface area contributed by atoms with Crippen molar-refractivity contribution in [2.45, 2.75) is 59.8 Å². The molecule has 1 N–H and O–H groups in total. The summed E-state index contributed by atoms with van der Waals surface area (Å²) in [6.07, 6.45) is 5.63. The number of rotatable bonds is 8. The minimum absolute atomic E-state index is 0.567. The number of unbranched alkanes of at least 4 members (excludes halogenated alkanes) is 1. The van der Waals surface area contributed by atoms with Gasteiger partial charge in [-0.3, -0.25) is 0 Å². The highest BCUT2D eigenvalue weighted by atomic mass is 15.4. The second kappa shape index (κ2) is 9.16. The summed E-state index contributed by atoms with van der Waals surface area (Å²) in [5, 5.41) is 4.44. The number of nitrogens with zero attached hydrogens (tertiary/aromatic N) is 3. The summed E-state index contributed by atoms with van der Waals surface area (Å²) in [6.45, 7) is 8.35. The third-order valence-electron chi connectivity index (χ3n) is 3.93. The highest BCUT2D eigenvalue weighted by molar-refractivity contribution is 5.99. The number of aromatic nitrogens is 2. The molecule has 1 aromatic carbocycles. The van der Waals surface area contributed by atoms with Crippen LogP contribution in [0.5, 0.6) is 0 Å². The van der Waals surface area contributed by atoms with Crippen molar-refractivity contribution in [2.75, 3.05) is 5.43 Å². The van der Waals surface area contributed by atoms with E-state index in [1.807, 2.05) is 19.9 Å². The van der Waals surface area contributed by atoms with Gasteiger partial charge in [0.2, 0.25) is 5.95 Å². The molecule has 4 nitrogen and oxygen atoms in total. The van der Waals surface area contributed by atoms with Crippen molar-refractivity contribution in [3.63, 3.8) is 0 Å². The van der Waals surface area contributed by atoms with Crippen LogP contribution < -0.4 is 5.43 Å². The number of benzene rings is 1. The minimum Gasteiger partial charge on any atom is -0.245 e. The second-order valence-corrected chi connectivity index (χ2v) is 6.18.